The number of rotatable bonds is 6. The number of pyridine rings is 1. The molecule has 3 aromatic rings. The number of hydrogen-bond acceptors (Lipinski definition) is 6. The summed E-state index contributed by atoms with van der Waals surface area (Å²) in [5, 5.41) is 0.759. The molecular formula is C24H27N3O5. The van der Waals surface area contributed by atoms with Crippen molar-refractivity contribution < 1.29 is 19.0 Å². The van der Waals surface area contributed by atoms with E-state index in [9.17, 15) is 9.59 Å². The minimum atomic E-state index is -0.272. The van der Waals surface area contributed by atoms with Gasteiger partial charge in [-0.05, 0) is 12.1 Å². The average molecular weight is 437 g/mol. The number of hydrogen-bond donors (Lipinski definition) is 1. The fourth-order valence-corrected chi connectivity index (χ4v) is 4.19. The highest BCUT2D eigenvalue weighted by Crippen LogP contribution is 2.40. The number of ether oxygens (including phenoxy) is 3. The Morgan fingerprint density at radius 2 is 1.66 bits per heavy atom. The van der Waals surface area contributed by atoms with Crippen molar-refractivity contribution in [2.24, 2.45) is 0 Å². The lowest BCUT2D eigenvalue weighted by Gasteiger charge is -2.35. The molecule has 1 aliphatic rings. The maximum absolute atomic E-state index is 13.2. The molecule has 2 heterocycles. The second-order valence-electron chi connectivity index (χ2n) is 7.65. The first-order valence-corrected chi connectivity index (χ1v) is 10.5. The molecule has 1 amide bonds. The number of aromatic nitrogens is 1. The van der Waals surface area contributed by atoms with E-state index in [4.69, 9.17) is 14.2 Å². The lowest BCUT2D eigenvalue weighted by molar-refractivity contribution is 0.0629. The number of H-pyrrole nitrogens is 1. The summed E-state index contributed by atoms with van der Waals surface area (Å²) in [5.74, 6) is 1.73. The van der Waals surface area contributed by atoms with Crippen LogP contribution in [0.1, 0.15) is 15.9 Å². The molecule has 1 N–H and O–H groups in total. The summed E-state index contributed by atoms with van der Waals surface area (Å²) >= 11 is 0. The highest BCUT2D eigenvalue weighted by Gasteiger charge is 2.25. The van der Waals surface area contributed by atoms with Crippen LogP contribution in [0.3, 0.4) is 0 Å². The Kier molecular flexibility index (Phi) is 6.32. The third-order valence-electron chi connectivity index (χ3n) is 5.82. The lowest BCUT2D eigenvalue weighted by Crippen LogP contribution is -2.48. The Hall–Kier alpha value is -3.52. The van der Waals surface area contributed by atoms with Gasteiger partial charge in [0, 0.05) is 55.3 Å². The predicted octanol–water partition coefficient (Wildman–Crippen LogP) is 2.51. The summed E-state index contributed by atoms with van der Waals surface area (Å²) in [5.41, 5.74) is 1.83. The number of methoxy groups -OCH3 is 3. The molecule has 1 fully saturated rings. The molecule has 0 spiro atoms. The largest absolute Gasteiger partial charge is 0.493 e. The molecule has 8 nitrogen and oxygen atoms in total. The van der Waals surface area contributed by atoms with E-state index in [0.717, 1.165) is 10.9 Å². The van der Waals surface area contributed by atoms with Gasteiger partial charge < -0.3 is 24.1 Å². The van der Waals surface area contributed by atoms with Gasteiger partial charge in [-0.1, -0.05) is 24.3 Å². The quantitative estimate of drug-likeness (QED) is 0.638. The fourth-order valence-electron chi connectivity index (χ4n) is 4.19. The normalized spacial score (nSPS) is 14.4. The Labute approximate surface area is 186 Å². The Balaban J connectivity index is 1.48. The standard InChI is InChI=1S/C24H27N3O5/c1-30-20-9-8-16(22(31-2)23(20)32-3)15-26-10-12-27(13-11-26)24(29)18-14-21(28)25-19-7-5-4-6-17(18)19/h4-9,14H,10-13,15H2,1-3H3,(H,25,28). The van der Waals surface area contributed by atoms with E-state index in [-0.39, 0.29) is 11.5 Å². The van der Waals surface area contributed by atoms with Gasteiger partial charge >= 0.3 is 0 Å². The number of piperazine rings is 1. The van der Waals surface area contributed by atoms with Gasteiger partial charge in [0.2, 0.25) is 11.3 Å². The molecule has 0 radical (unpaired) electrons. The molecular weight excluding hydrogens is 410 g/mol. The molecule has 1 aliphatic heterocycles. The number of para-hydroxylation sites is 1. The van der Waals surface area contributed by atoms with Crippen molar-refractivity contribution in [3.8, 4) is 17.2 Å². The molecule has 1 aromatic heterocycles. The molecule has 0 saturated carbocycles. The minimum absolute atomic E-state index is 0.115. The van der Waals surface area contributed by atoms with Gasteiger partial charge in [-0.25, -0.2) is 0 Å². The molecule has 0 aliphatic carbocycles. The first kappa shape index (κ1) is 21.7. The van der Waals surface area contributed by atoms with E-state index in [1.54, 1.807) is 21.3 Å². The highest BCUT2D eigenvalue weighted by molar-refractivity contribution is 6.06. The number of benzene rings is 2. The van der Waals surface area contributed by atoms with Gasteiger partial charge in [0.05, 0.1) is 26.9 Å². The van der Waals surface area contributed by atoms with Crippen molar-refractivity contribution in [3.05, 3.63) is 63.9 Å². The van der Waals surface area contributed by atoms with E-state index in [1.165, 1.54) is 6.07 Å². The smallest absolute Gasteiger partial charge is 0.254 e. The van der Waals surface area contributed by atoms with Crippen LogP contribution in [0.5, 0.6) is 17.2 Å². The Morgan fingerprint density at radius 3 is 2.34 bits per heavy atom. The summed E-state index contributed by atoms with van der Waals surface area (Å²) in [4.78, 5) is 32.1. The molecule has 32 heavy (non-hydrogen) atoms. The SMILES string of the molecule is COc1ccc(CN2CCN(C(=O)c3cc(=O)[nH]c4ccccc34)CC2)c(OC)c1OC. The minimum Gasteiger partial charge on any atom is -0.493 e. The van der Waals surface area contributed by atoms with Gasteiger partial charge in [-0.2, -0.15) is 0 Å². The number of amides is 1. The monoisotopic (exact) mass is 437 g/mol. The van der Waals surface area contributed by atoms with Crippen LogP contribution in [-0.2, 0) is 6.54 Å². The van der Waals surface area contributed by atoms with Crippen molar-refractivity contribution >= 4 is 16.8 Å². The fraction of sp³-hybridized carbons (Fsp3) is 0.333. The second kappa shape index (κ2) is 9.32. The molecule has 168 valence electrons. The van der Waals surface area contributed by atoms with Crippen LogP contribution in [0.15, 0.2) is 47.3 Å². The Bertz CT molecular complexity index is 1180. The van der Waals surface area contributed by atoms with Gasteiger partial charge in [0.25, 0.3) is 5.91 Å². The van der Waals surface area contributed by atoms with Crippen molar-refractivity contribution in [1.82, 2.24) is 14.8 Å². The highest BCUT2D eigenvalue weighted by atomic mass is 16.5. The summed E-state index contributed by atoms with van der Waals surface area (Å²) < 4.78 is 16.4. The van der Waals surface area contributed by atoms with Gasteiger partial charge in [0.15, 0.2) is 11.5 Å². The molecule has 0 bridgehead atoms. The maximum atomic E-state index is 13.2. The van der Waals surface area contributed by atoms with Crippen molar-refractivity contribution in [2.45, 2.75) is 6.54 Å². The van der Waals surface area contributed by atoms with Gasteiger partial charge in [-0.3, -0.25) is 14.5 Å². The van der Waals surface area contributed by atoms with E-state index >= 15 is 0 Å². The zero-order chi connectivity index (χ0) is 22.7. The first-order chi connectivity index (χ1) is 15.5. The summed E-state index contributed by atoms with van der Waals surface area (Å²) in [6.07, 6.45) is 0. The van der Waals surface area contributed by atoms with Crippen LogP contribution in [0.25, 0.3) is 10.9 Å². The first-order valence-electron chi connectivity index (χ1n) is 10.5. The van der Waals surface area contributed by atoms with E-state index < -0.39 is 0 Å². The summed E-state index contributed by atoms with van der Waals surface area (Å²) in [6.45, 7) is 3.25. The van der Waals surface area contributed by atoms with E-state index in [1.807, 2.05) is 41.3 Å². The van der Waals surface area contributed by atoms with Crippen molar-refractivity contribution in [2.75, 3.05) is 47.5 Å². The van der Waals surface area contributed by atoms with E-state index in [0.29, 0.717) is 61.1 Å². The predicted molar refractivity (Wildman–Crippen MR) is 122 cm³/mol. The number of carbonyl (C=O) groups excluding carboxylic acids is 1. The van der Waals surface area contributed by atoms with Crippen molar-refractivity contribution in [1.29, 1.82) is 0 Å². The molecule has 4 rings (SSSR count). The van der Waals surface area contributed by atoms with Crippen LogP contribution in [-0.4, -0.2) is 68.2 Å². The topological polar surface area (TPSA) is 84.1 Å². The maximum Gasteiger partial charge on any atom is 0.254 e. The number of nitrogens with one attached hydrogen (secondary N) is 1. The van der Waals surface area contributed by atoms with Crippen LogP contribution in [0.4, 0.5) is 0 Å². The van der Waals surface area contributed by atoms with Crippen LogP contribution >= 0.6 is 0 Å². The number of aromatic amines is 1. The van der Waals surface area contributed by atoms with Crippen molar-refractivity contribution in [3.63, 3.8) is 0 Å². The molecule has 8 heteroatoms. The molecule has 2 aromatic carbocycles. The van der Waals surface area contributed by atoms with Crippen LogP contribution in [0.2, 0.25) is 0 Å². The third-order valence-corrected chi connectivity index (χ3v) is 5.82. The number of carbonyl (C=O) groups is 1. The van der Waals surface area contributed by atoms with Crippen LogP contribution in [0, 0.1) is 0 Å². The van der Waals surface area contributed by atoms with Gasteiger partial charge in [-0.15, -0.1) is 0 Å². The zero-order valence-electron chi connectivity index (χ0n) is 18.5. The average Bonchev–Trinajstić information content (AvgIpc) is 2.83. The molecule has 1 saturated heterocycles. The van der Waals surface area contributed by atoms with E-state index in [2.05, 4.69) is 9.88 Å². The zero-order valence-corrected chi connectivity index (χ0v) is 18.5. The number of fused-ring (bicyclic) bond motifs is 1. The third kappa shape index (κ3) is 4.13. The number of nitrogens with zero attached hydrogens (tertiary/aromatic N) is 2. The van der Waals surface area contributed by atoms with Crippen LogP contribution < -0.4 is 19.8 Å². The lowest BCUT2D eigenvalue weighted by atomic mass is 10.1. The molecule has 0 unspecified atom stereocenters. The van der Waals surface area contributed by atoms with Gasteiger partial charge in [0.1, 0.15) is 0 Å². The Morgan fingerprint density at radius 1 is 0.938 bits per heavy atom. The summed E-state index contributed by atoms with van der Waals surface area (Å²) in [6, 6.07) is 12.6. The molecule has 0 atom stereocenters. The second-order valence-corrected chi connectivity index (χ2v) is 7.65. The summed E-state index contributed by atoms with van der Waals surface area (Å²) in [7, 11) is 4.80.